The second-order valence-corrected chi connectivity index (χ2v) is 7.42. The van der Waals surface area contributed by atoms with Crippen molar-refractivity contribution in [2.24, 2.45) is 0 Å². The van der Waals surface area contributed by atoms with Crippen molar-refractivity contribution in [3.63, 3.8) is 0 Å². The zero-order chi connectivity index (χ0) is 18.0. The molecule has 0 aliphatic heterocycles. The molecule has 1 amide bonds. The predicted molar refractivity (Wildman–Crippen MR) is 99.6 cm³/mol. The molecule has 6 nitrogen and oxygen atoms in total. The number of hydrogen-bond acceptors (Lipinski definition) is 5. The maximum atomic E-state index is 12.8. The van der Waals surface area contributed by atoms with Crippen LogP contribution in [0.3, 0.4) is 0 Å². The van der Waals surface area contributed by atoms with Gasteiger partial charge in [0.25, 0.3) is 5.91 Å². The highest BCUT2D eigenvalue weighted by Crippen LogP contribution is 2.24. The van der Waals surface area contributed by atoms with Crippen molar-refractivity contribution in [1.29, 1.82) is 0 Å². The van der Waals surface area contributed by atoms with E-state index in [0.29, 0.717) is 10.8 Å². The number of nitrogens with one attached hydrogen (secondary N) is 1. The number of benzene rings is 1. The van der Waals surface area contributed by atoms with Crippen LogP contribution in [0.5, 0.6) is 0 Å². The first kappa shape index (κ1) is 17.3. The molecule has 0 atom stereocenters. The Bertz CT molecular complexity index is 867. The summed E-state index contributed by atoms with van der Waals surface area (Å²) in [6.07, 6.45) is 0. The Morgan fingerprint density at radius 2 is 1.80 bits per heavy atom. The van der Waals surface area contributed by atoms with Crippen LogP contribution in [-0.4, -0.2) is 25.9 Å². The van der Waals surface area contributed by atoms with Crippen molar-refractivity contribution in [2.75, 3.05) is 5.32 Å². The third-order valence-corrected chi connectivity index (χ3v) is 4.85. The van der Waals surface area contributed by atoms with Gasteiger partial charge in [0.2, 0.25) is 5.13 Å². The first-order chi connectivity index (χ1) is 12.0. The lowest BCUT2D eigenvalue weighted by molar-refractivity contribution is 0.101. The minimum atomic E-state index is -0.241. The van der Waals surface area contributed by atoms with Crippen LogP contribution in [0, 0.1) is 0 Å². The fourth-order valence-electron chi connectivity index (χ4n) is 2.29. The van der Waals surface area contributed by atoms with Crippen molar-refractivity contribution >= 4 is 22.4 Å². The van der Waals surface area contributed by atoms with Crippen LogP contribution in [0.4, 0.5) is 5.13 Å². The summed E-state index contributed by atoms with van der Waals surface area (Å²) in [4.78, 5) is 12.8. The summed E-state index contributed by atoms with van der Waals surface area (Å²) >= 11 is 1.39. The van der Waals surface area contributed by atoms with E-state index in [0.717, 1.165) is 16.4 Å². The lowest BCUT2D eigenvalue weighted by Gasteiger charge is -2.06. The molecule has 3 aromatic rings. The Kier molecular flexibility index (Phi) is 4.94. The van der Waals surface area contributed by atoms with Crippen molar-refractivity contribution in [1.82, 2.24) is 20.0 Å². The monoisotopic (exact) mass is 355 g/mol. The van der Waals surface area contributed by atoms with Gasteiger partial charge in [-0.25, -0.2) is 4.68 Å². The second-order valence-electron chi connectivity index (χ2n) is 6.41. The molecule has 0 aliphatic carbocycles. The highest BCUT2D eigenvalue weighted by molar-refractivity contribution is 7.15. The van der Waals surface area contributed by atoms with Gasteiger partial charge < -0.3 is 0 Å². The van der Waals surface area contributed by atoms with E-state index in [4.69, 9.17) is 0 Å². The summed E-state index contributed by atoms with van der Waals surface area (Å²) in [6, 6.07) is 11.5. The summed E-state index contributed by atoms with van der Waals surface area (Å²) in [5, 5.41) is 17.0. The molecule has 0 saturated heterocycles. The van der Waals surface area contributed by atoms with Crippen LogP contribution >= 0.6 is 11.3 Å². The van der Waals surface area contributed by atoms with Crippen molar-refractivity contribution in [3.05, 3.63) is 52.8 Å². The minimum Gasteiger partial charge on any atom is -0.295 e. The number of para-hydroxylation sites is 1. The molecule has 1 aromatic carbocycles. The summed E-state index contributed by atoms with van der Waals surface area (Å²) in [7, 11) is 0. The highest BCUT2D eigenvalue weighted by atomic mass is 32.1. The highest BCUT2D eigenvalue weighted by Gasteiger charge is 2.19. The molecule has 25 heavy (non-hydrogen) atoms. The summed E-state index contributed by atoms with van der Waals surface area (Å²) < 4.78 is 1.68. The van der Waals surface area contributed by atoms with Gasteiger partial charge in [-0.1, -0.05) is 57.2 Å². The number of aromatic nitrogens is 4. The van der Waals surface area contributed by atoms with Crippen LogP contribution in [0.1, 0.15) is 60.7 Å². The molecule has 130 valence electrons. The summed E-state index contributed by atoms with van der Waals surface area (Å²) in [6.45, 7) is 8.20. The van der Waals surface area contributed by atoms with E-state index < -0.39 is 0 Å². The average molecular weight is 355 g/mol. The minimum absolute atomic E-state index is 0.227. The van der Waals surface area contributed by atoms with E-state index in [1.54, 1.807) is 4.68 Å². The number of carbonyl (C=O) groups is 1. The Balaban J connectivity index is 1.93. The fraction of sp³-hybridized carbons (Fsp3) is 0.333. The van der Waals surface area contributed by atoms with E-state index in [9.17, 15) is 4.79 Å². The van der Waals surface area contributed by atoms with Gasteiger partial charge in [0.05, 0.1) is 11.4 Å². The van der Waals surface area contributed by atoms with Crippen molar-refractivity contribution in [2.45, 2.75) is 39.5 Å². The predicted octanol–water partition coefficient (Wildman–Crippen LogP) is 4.22. The van der Waals surface area contributed by atoms with Gasteiger partial charge in [-0.15, -0.1) is 10.2 Å². The standard InChI is InChI=1S/C18H21N5OS/c1-11(2)14-10-15(23(22-14)13-8-6-5-7-9-13)16(24)19-18-21-20-17(25-18)12(3)4/h5-12H,1-4H3,(H,19,21,24). The van der Waals surface area contributed by atoms with Crippen LogP contribution in [-0.2, 0) is 0 Å². The number of nitrogens with zero attached hydrogens (tertiary/aromatic N) is 4. The number of carbonyl (C=O) groups excluding carboxylic acids is 1. The lowest BCUT2D eigenvalue weighted by Crippen LogP contribution is -2.16. The van der Waals surface area contributed by atoms with Gasteiger partial charge >= 0.3 is 0 Å². The Hall–Kier alpha value is -2.54. The normalized spacial score (nSPS) is 11.3. The third-order valence-electron chi connectivity index (χ3n) is 3.71. The smallest absolute Gasteiger partial charge is 0.276 e. The number of anilines is 1. The lowest BCUT2D eigenvalue weighted by atomic mass is 10.1. The molecule has 1 N–H and O–H groups in total. The van der Waals surface area contributed by atoms with E-state index in [2.05, 4.69) is 34.5 Å². The number of amides is 1. The fourth-order valence-corrected chi connectivity index (χ4v) is 3.03. The van der Waals surface area contributed by atoms with Crippen LogP contribution < -0.4 is 5.32 Å². The molecule has 3 rings (SSSR count). The van der Waals surface area contributed by atoms with Crippen LogP contribution in [0.2, 0.25) is 0 Å². The van der Waals surface area contributed by atoms with Gasteiger partial charge in [-0.3, -0.25) is 10.1 Å². The summed E-state index contributed by atoms with van der Waals surface area (Å²) in [5.41, 5.74) is 2.20. The SMILES string of the molecule is CC(C)c1cc(C(=O)Nc2nnc(C(C)C)s2)n(-c2ccccc2)n1. The van der Waals surface area contributed by atoms with Gasteiger partial charge in [0.15, 0.2) is 0 Å². The van der Waals surface area contributed by atoms with Crippen molar-refractivity contribution in [3.8, 4) is 5.69 Å². The third kappa shape index (κ3) is 3.76. The second kappa shape index (κ2) is 7.14. The number of hydrogen-bond donors (Lipinski definition) is 1. The molecule has 2 aromatic heterocycles. The summed E-state index contributed by atoms with van der Waals surface area (Å²) in [5.74, 6) is 0.269. The van der Waals surface area contributed by atoms with Gasteiger partial charge in [-0.05, 0) is 24.1 Å². The van der Waals surface area contributed by atoms with E-state index in [1.165, 1.54) is 11.3 Å². The molecule has 7 heteroatoms. The Morgan fingerprint density at radius 3 is 2.40 bits per heavy atom. The van der Waals surface area contributed by atoms with Gasteiger partial charge in [0, 0.05) is 5.92 Å². The maximum Gasteiger partial charge on any atom is 0.276 e. The molecule has 0 unspecified atom stereocenters. The van der Waals surface area contributed by atoms with Crippen molar-refractivity contribution < 1.29 is 4.79 Å². The van der Waals surface area contributed by atoms with Crippen LogP contribution in [0.25, 0.3) is 5.69 Å². The molecule has 0 fully saturated rings. The molecule has 0 bridgehead atoms. The molecular weight excluding hydrogens is 334 g/mol. The molecule has 0 saturated carbocycles. The zero-order valence-corrected chi connectivity index (χ0v) is 15.5. The first-order valence-electron chi connectivity index (χ1n) is 8.26. The van der Waals surface area contributed by atoms with Gasteiger partial charge in [0.1, 0.15) is 10.7 Å². The van der Waals surface area contributed by atoms with Crippen LogP contribution in [0.15, 0.2) is 36.4 Å². The molecule has 0 spiro atoms. The zero-order valence-electron chi connectivity index (χ0n) is 14.7. The Morgan fingerprint density at radius 1 is 1.08 bits per heavy atom. The van der Waals surface area contributed by atoms with E-state index >= 15 is 0 Å². The van der Waals surface area contributed by atoms with Gasteiger partial charge in [-0.2, -0.15) is 5.10 Å². The maximum absolute atomic E-state index is 12.8. The number of rotatable bonds is 5. The largest absolute Gasteiger partial charge is 0.295 e. The quantitative estimate of drug-likeness (QED) is 0.743. The van der Waals surface area contributed by atoms with E-state index in [1.807, 2.05) is 50.2 Å². The topological polar surface area (TPSA) is 72.7 Å². The first-order valence-corrected chi connectivity index (χ1v) is 9.07. The molecule has 0 aliphatic rings. The average Bonchev–Trinajstić information content (AvgIpc) is 3.22. The molecular formula is C18H21N5OS. The molecule has 0 radical (unpaired) electrons. The molecule has 2 heterocycles. The van der Waals surface area contributed by atoms with E-state index in [-0.39, 0.29) is 17.7 Å². The Labute approximate surface area is 150 Å².